The SMILES string of the molecule is O=C(CN1C(=O)COc2ccc([N+](=O)[O-])cc21)N[C@H]1CC[C@@H](C(=O)O)C1. The van der Waals surface area contributed by atoms with E-state index >= 15 is 0 Å². The molecule has 2 amide bonds. The molecular weight excluding hydrogens is 346 g/mol. The normalized spacial score (nSPS) is 21.7. The van der Waals surface area contributed by atoms with Crippen LogP contribution in [-0.4, -0.2) is 47.0 Å². The Hall–Kier alpha value is -3.17. The lowest BCUT2D eigenvalue weighted by molar-refractivity contribution is -0.384. The number of hydrogen-bond acceptors (Lipinski definition) is 6. The number of fused-ring (bicyclic) bond motifs is 1. The fraction of sp³-hybridized carbons (Fsp3) is 0.438. The number of carbonyl (C=O) groups is 3. The Kier molecular flexibility index (Phi) is 4.74. The van der Waals surface area contributed by atoms with Gasteiger partial charge in [-0.2, -0.15) is 0 Å². The van der Waals surface area contributed by atoms with Crippen molar-refractivity contribution in [2.75, 3.05) is 18.1 Å². The molecule has 0 spiro atoms. The first-order valence-electron chi connectivity index (χ1n) is 8.09. The van der Waals surface area contributed by atoms with Crippen molar-refractivity contribution in [3.05, 3.63) is 28.3 Å². The third kappa shape index (κ3) is 3.58. The van der Waals surface area contributed by atoms with Crippen LogP contribution < -0.4 is 15.0 Å². The average Bonchev–Trinajstić information content (AvgIpc) is 3.05. The highest BCUT2D eigenvalue weighted by atomic mass is 16.6. The van der Waals surface area contributed by atoms with Crippen molar-refractivity contribution in [1.82, 2.24) is 5.32 Å². The number of nitro benzene ring substituents is 1. The van der Waals surface area contributed by atoms with E-state index in [0.717, 1.165) is 4.90 Å². The predicted molar refractivity (Wildman–Crippen MR) is 87.9 cm³/mol. The zero-order valence-corrected chi connectivity index (χ0v) is 13.7. The maximum atomic E-state index is 12.3. The van der Waals surface area contributed by atoms with Gasteiger partial charge in [0.1, 0.15) is 12.3 Å². The number of ether oxygens (including phenoxy) is 1. The Bertz CT molecular complexity index is 779. The fourth-order valence-corrected chi connectivity index (χ4v) is 3.23. The molecule has 2 N–H and O–H groups in total. The summed E-state index contributed by atoms with van der Waals surface area (Å²) in [5, 5.41) is 22.7. The Morgan fingerprint density at radius 1 is 1.38 bits per heavy atom. The first-order chi connectivity index (χ1) is 12.3. The summed E-state index contributed by atoms with van der Waals surface area (Å²) in [6, 6.07) is 3.58. The third-order valence-corrected chi connectivity index (χ3v) is 4.55. The predicted octanol–water partition coefficient (Wildman–Crippen LogP) is 0.690. The highest BCUT2D eigenvalue weighted by Crippen LogP contribution is 2.35. The smallest absolute Gasteiger partial charge is 0.306 e. The number of amides is 2. The van der Waals surface area contributed by atoms with Crippen molar-refractivity contribution >= 4 is 29.2 Å². The molecule has 0 saturated heterocycles. The quantitative estimate of drug-likeness (QED) is 0.579. The van der Waals surface area contributed by atoms with Crippen molar-refractivity contribution in [1.29, 1.82) is 0 Å². The Morgan fingerprint density at radius 2 is 2.15 bits per heavy atom. The van der Waals surface area contributed by atoms with E-state index in [9.17, 15) is 24.5 Å². The second-order valence-corrected chi connectivity index (χ2v) is 6.29. The van der Waals surface area contributed by atoms with Crippen molar-refractivity contribution < 1.29 is 29.2 Å². The van der Waals surface area contributed by atoms with E-state index in [2.05, 4.69) is 5.32 Å². The molecule has 2 aliphatic rings. The number of aliphatic carboxylic acids is 1. The summed E-state index contributed by atoms with van der Waals surface area (Å²) in [6.45, 7) is -0.576. The number of nitro groups is 1. The molecule has 0 bridgehead atoms. The van der Waals surface area contributed by atoms with Crippen molar-refractivity contribution in [3.63, 3.8) is 0 Å². The Balaban J connectivity index is 1.70. The molecule has 3 rings (SSSR count). The number of carbonyl (C=O) groups excluding carboxylic acids is 2. The largest absolute Gasteiger partial charge is 0.482 e. The van der Waals surface area contributed by atoms with E-state index in [0.29, 0.717) is 19.3 Å². The molecular formula is C16H17N3O7. The van der Waals surface area contributed by atoms with Gasteiger partial charge >= 0.3 is 5.97 Å². The molecule has 1 aromatic rings. The molecule has 138 valence electrons. The van der Waals surface area contributed by atoms with Gasteiger partial charge in [0.05, 0.1) is 16.5 Å². The van der Waals surface area contributed by atoms with Gasteiger partial charge in [0.2, 0.25) is 5.91 Å². The highest BCUT2D eigenvalue weighted by molar-refractivity contribution is 6.02. The van der Waals surface area contributed by atoms with Crippen LogP contribution in [-0.2, 0) is 14.4 Å². The van der Waals surface area contributed by atoms with Crippen LogP contribution in [0.1, 0.15) is 19.3 Å². The van der Waals surface area contributed by atoms with Gasteiger partial charge in [0, 0.05) is 18.2 Å². The van der Waals surface area contributed by atoms with E-state index in [1.165, 1.54) is 18.2 Å². The zero-order valence-electron chi connectivity index (χ0n) is 13.7. The summed E-state index contributed by atoms with van der Waals surface area (Å²) >= 11 is 0. The minimum atomic E-state index is -0.883. The number of carboxylic acid groups (broad SMARTS) is 1. The minimum Gasteiger partial charge on any atom is -0.482 e. The molecule has 10 nitrogen and oxygen atoms in total. The number of nitrogens with zero attached hydrogens (tertiary/aromatic N) is 2. The summed E-state index contributed by atoms with van der Waals surface area (Å²) in [5.74, 6) is -2.01. The van der Waals surface area contributed by atoms with Crippen LogP contribution in [0.4, 0.5) is 11.4 Å². The molecule has 1 saturated carbocycles. The number of non-ortho nitro benzene ring substituents is 1. The highest BCUT2D eigenvalue weighted by Gasteiger charge is 2.33. The van der Waals surface area contributed by atoms with Crippen LogP contribution in [0, 0.1) is 16.0 Å². The number of benzene rings is 1. The second kappa shape index (κ2) is 6.98. The molecule has 0 radical (unpaired) electrons. The monoisotopic (exact) mass is 363 g/mol. The van der Waals surface area contributed by atoms with Crippen molar-refractivity contribution in [3.8, 4) is 5.75 Å². The van der Waals surface area contributed by atoms with Gasteiger partial charge in [0.15, 0.2) is 6.61 Å². The summed E-state index contributed by atoms with van der Waals surface area (Å²) in [6.07, 6.45) is 1.40. The Labute approximate surface area is 147 Å². The summed E-state index contributed by atoms with van der Waals surface area (Å²) in [5.41, 5.74) is -0.0482. The zero-order chi connectivity index (χ0) is 18.8. The molecule has 1 aromatic carbocycles. The maximum absolute atomic E-state index is 12.3. The van der Waals surface area contributed by atoms with Crippen LogP contribution >= 0.6 is 0 Å². The molecule has 1 fully saturated rings. The summed E-state index contributed by atoms with van der Waals surface area (Å²) < 4.78 is 5.25. The van der Waals surface area contributed by atoms with Crippen molar-refractivity contribution in [2.45, 2.75) is 25.3 Å². The minimum absolute atomic E-state index is 0.167. The van der Waals surface area contributed by atoms with Crippen LogP contribution in [0.15, 0.2) is 18.2 Å². The molecule has 0 unspecified atom stereocenters. The Morgan fingerprint density at radius 3 is 2.81 bits per heavy atom. The number of rotatable bonds is 5. The van der Waals surface area contributed by atoms with Gasteiger partial charge in [-0.05, 0) is 25.3 Å². The maximum Gasteiger partial charge on any atom is 0.306 e. The fourth-order valence-electron chi connectivity index (χ4n) is 3.23. The second-order valence-electron chi connectivity index (χ2n) is 6.29. The number of hydrogen-bond donors (Lipinski definition) is 2. The van der Waals surface area contributed by atoms with Crippen LogP contribution in [0.5, 0.6) is 5.75 Å². The lowest BCUT2D eigenvalue weighted by Gasteiger charge is -2.29. The molecule has 26 heavy (non-hydrogen) atoms. The first kappa shape index (κ1) is 17.6. The van der Waals surface area contributed by atoms with Gasteiger partial charge in [-0.3, -0.25) is 29.4 Å². The van der Waals surface area contributed by atoms with Gasteiger partial charge in [-0.25, -0.2) is 0 Å². The molecule has 1 heterocycles. The standard InChI is InChI=1S/C16H17N3O7/c20-14(17-10-2-1-9(5-10)16(22)23)7-18-12-6-11(19(24)25)3-4-13(12)26-8-15(18)21/h3-4,6,9-10H,1-2,5,7-8H2,(H,17,20)(H,22,23)/t9-,10+/m1/s1. The summed E-state index contributed by atoms with van der Waals surface area (Å²) in [7, 11) is 0. The number of anilines is 1. The van der Waals surface area contributed by atoms with E-state index in [4.69, 9.17) is 9.84 Å². The molecule has 0 aromatic heterocycles. The van der Waals surface area contributed by atoms with Crippen molar-refractivity contribution in [2.24, 2.45) is 5.92 Å². The lowest BCUT2D eigenvalue weighted by atomic mass is 10.1. The van der Waals surface area contributed by atoms with Crippen LogP contribution in [0.25, 0.3) is 0 Å². The topological polar surface area (TPSA) is 139 Å². The third-order valence-electron chi connectivity index (χ3n) is 4.55. The molecule has 1 aliphatic heterocycles. The molecule has 10 heteroatoms. The average molecular weight is 363 g/mol. The molecule has 2 atom stereocenters. The van der Waals surface area contributed by atoms with E-state index < -0.39 is 28.6 Å². The van der Waals surface area contributed by atoms with Gasteiger partial charge < -0.3 is 15.2 Å². The summed E-state index contributed by atoms with van der Waals surface area (Å²) in [4.78, 5) is 46.9. The van der Waals surface area contributed by atoms with E-state index in [-0.39, 0.29) is 36.3 Å². The number of carboxylic acids is 1. The van der Waals surface area contributed by atoms with Gasteiger partial charge in [0.25, 0.3) is 11.6 Å². The first-order valence-corrected chi connectivity index (χ1v) is 8.09. The molecule has 1 aliphatic carbocycles. The van der Waals surface area contributed by atoms with E-state index in [1.807, 2.05) is 0 Å². The van der Waals surface area contributed by atoms with Crippen LogP contribution in [0.3, 0.4) is 0 Å². The lowest BCUT2D eigenvalue weighted by Crippen LogP contribution is -2.47. The number of nitrogens with one attached hydrogen (secondary N) is 1. The van der Waals surface area contributed by atoms with Gasteiger partial charge in [-0.1, -0.05) is 0 Å². The van der Waals surface area contributed by atoms with E-state index in [1.54, 1.807) is 0 Å². The van der Waals surface area contributed by atoms with Crippen LogP contribution in [0.2, 0.25) is 0 Å². The van der Waals surface area contributed by atoms with Gasteiger partial charge in [-0.15, -0.1) is 0 Å².